The third-order valence-corrected chi connectivity index (χ3v) is 9.47. The fourth-order valence-corrected chi connectivity index (χ4v) is 7.03. The van der Waals surface area contributed by atoms with Crippen molar-refractivity contribution in [2.24, 2.45) is 4.99 Å². The second kappa shape index (κ2) is 15.2. The molecule has 0 aliphatic carbocycles. The van der Waals surface area contributed by atoms with Gasteiger partial charge >= 0.3 is 5.97 Å². The van der Waals surface area contributed by atoms with Crippen molar-refractivity contribution >= 4 is 52.3 Å². The van der Waals surface area contributed by atoms with Gasteiger partial charge in [0, 0.05) is 22.2 Å². The quantitative estimate of drug-likeness (QED) is 0.137. The van der Waals surface area contributed by atoms with Crippen LogP contribution in [0, 0.1) is 0 Å². The first-order valence-corrected chi connectivity index (χ1v) is 17.1. The summed E-state index contributed by atoms with van der Waals surface area (Å²) in [6.45, 7) is 2.10. The number of thiazole rings is 1. The van der Waals surface area contributed by atoms with Crippen molar-refractivity contribution in [2.75, 3.05) is 27.9 Å². The summed E-state index contributed by atoms with van der Waals surface area (Å²) in [5.74, 6) is 1.13. The molecule has 0 unspecified atom stereocenters. The van der Waals surface area contributed by atoms with Gasteiger partial charge in [-0.05, 0) is 60.5 Å². The first kappa shape index (κ1) is 34.8. The predicted octanol–water partition coefficient (Wildman–Crippen LogP) is 6.85. The van der Waals surface area contributed by atoms with E-state index in [0.717, 1.165) is 5.56 Å². The number of esters is 1. The smallest absolute Gasteiger partial charge is 0.338 e. The van der Waals surface area contributed by atoms with Gasteiger partial charge in [-0.15, -0.1) is 0 Å². The average Bonchev–Trinajstić information content (AvgIpc) is 3.44. The lowest BCUT2D eigenvalue weighted by Gasteiger charge is -2.27. The van der Waals surface area contributed by atoms with Gasteiger partial charge in [-0.25, -0.2) is 9.79 Å². The molecule has 4 aromatic carbocycles. The minimum atomic E-state index is -0.940. The molecule has 0 fully saturated rings. The number of carbonyl (C=O) groups excluding carboxylic acids is 1. The topological polar surface area (TPSA) is 97.6 Å². The summed E-state index contributed by atoms with van der Waals surface area (Å²) in [7, 11) is 4.59. The van der Waals surface area contributed by atoms with Gasteiger partial charge in [0.25, 0.3) is 5.56 Å². The van der Waals surface area contributed by atoms with Crippen molar-refractivity contribution in [1.82, 2.24) is 4.57 Å². The minimum absolute atomic E-state index is 0.128. The lowest BCUT2D eigenvalue weighted by Crippen LogP contribution is -2.40. The maximum atomic E-state index is 14.4. The molecular weight excluding hydrogens is 699 g/mol. The van der Waals surface area contributed by atoms with E-state index in [2.05, 4.69) is 0 Å². The standard InChI is InChI=1S/C38H32Cl2N2O7S/c1-5-48-37(44)32-33(24-9-7-6-8-10-24)41-38-42(34(32)27-16-15-26(45-2)20-29(27)46-3)36(43)31(50-38)19-23-17-28(40)35(30(18-23)47-4)49-21-22-11-13-25(39)14-12-22/h6-20,34H,5,21H2,1-4H3/b31-19-/t34-/m0/s1. The molecule has 0 bridgehead atoms. The van der Waals surface area contributed by atoms with E-state index in [1.54, 1.807) is 62.6 Å². The highest BCUT2D eigenvalue weighted by atomic mass is 35.5. The molecule has 0 saturated carbocycles. The molecule has 12 heteroatoms. The molecule has 1 aliphatic heterocycles. The largest absolute Gasteiger partial charge is 0.497 e. The van der Waals surface area contributed by atoms with E-state index < -0.39 is 12.0 Å². The first-order chi connectivity index (χ1) is 24.3. The molecule has 0 saturated heterocycles. The van der Waals surface area contributed by atoms with Crippen LogP contribution in [0.2, 0.25) is 10.0 Å². The third-order valence-electron chi connectivity index (χ3n) is 7.95. The average molecular weight is 732 g/mol. The molecule has 0 amide bonds. The fraction of sp³-hybridized carbons (Fsp3) is 0.184. The molecule has 0 spiro atoms. The van der Waals surface area contributed by atoms with Gasteiger partial charge < -0.3 is 23.7 Å². The van der Waals surface area contributed by atoms with Crippen LogP contribution in [0.3, 0.4) is 0 Å². The number of benzene rings is 4. The fourth-order valence-electron chi connectivity index (χ4n) is 5.63. The Bertz CT molecular complexity index is 2270. The van der Waals surface area contributed by atoms with Gasteiger partial charge in [0.15, 0.2) is 16.3 Å². The van der Waals surface area contributed by atoms with E-state index >= 15 is 0 Å². The summed E-state index contributed by atoms with van der Waals surface area (Å²) >= 11 is 13.9. The lowest BCUT2D eigenvalue weighted by atomic mass is 9.92. The van der Waals surface area contributed by atoms with Gasteiger partial charge in [0.1, 0.15) is 24.1 Å². The van der Waals surface area contributed by atoms with Crippen molar-refractivity contribution in [3.63, 3.8) is 0 Å². The van der Waals surface area contributed by atoms with Crippen molar-refractivity contribution < 1.29 is 28.5 Å². The number of aromatic nitrogens is 1. The SMILES string of the molecule is CCOC(=O)C1=C(c2ccccc2)N=c2s/c(=C\c3cc(Cl)c(OCc4ccc(Cl)cc4)c(OC)c3)c(=O)n2[C@H]1c1ccc(OC)cc1OC. The first-order valence-electron chi connectivity index (χ1n) is 15.5. The number of nitrogens with zero attached hydrogens (tertiary/aromatic N) is 2. The second-order valence-corrected chi connectivity index (χ2v) is 12.8. The number of fused-ring (bicyclic) bond motifs is 1. The van der Waals surface area contributed by atoms with E-state index in [1.807, 2.05) is 42.5 Å². The zero-order chi connectivity index (χ0) is 35.4. The van der Waals surface area contributed by atoms with Crippen molar-refractivity contribution in [3.8, 4) is 23.0 Å². The molecule has 0 N–H and O–H groups in total. The highest BCUT2D eigenvalue weighted by Crippen LogP contribution is 2.40. The Morgan fingerprint density at radius 2 is 1.66 bits per heavy atom. The molecular formula is C38H32Cl2N2O7S. The van der Waals surface area contributed by atoms with Crippen LogP contribution in [0.5, 0.6) is 23.0 Å². The predicted molar refractivity (Wildman–Crippen MR) is 194 cm³/mol. The van der Waals surface area contributed by atoms with E-state index in [1.165, 1.54) is 30.1 Å². The van der Waals surface area contributed by atoms with Gasteiger partial charge in [-0.1, -0.05) is 77.0 Å². The van der Waals surface area contributed by atoms with E-state index in [-0.39, 0.29) is 24.3 Å². The second-order valence-electron chi connectivity index (χ2n) is 11.0. The van der Waals surface area contributed by atoms with Crippen LogP contribution in [0.4, 0.5) is 0 Å². The Morgan fingerprint density at radius 3 is 2.34 bits per heavy atom. The zero-order valence-corrected chi connectivity index (χ0v) is 29.9. The monoisotopic (exact) mass is 730 g/mol. The van der Waals surface area contributed by atoms with Crippen molar-refractivity contribution in [3.05, 3.63) is 142 Å². The number of carbonyl (C=O) groups is 1. The molecule has 0 radical (unpaired) electrons. The Labute approximate surface area is 302 Å². The molecule has 50 heavy (non-hydrogen) atoms. The van der Waals surface area contributed by atoms with Gasteiger partial charge in [-0.2, -0.15) is 0 Å². The summed E-state index contributed by atoms with van der Waals surface area (Å²) in [6.07, 6.45) is 1.71. The number of hydrogen-bond donors (Lipinski definition) is 0. The van der Waals surface area contributed by atoms with Gasteiger partial charge in [0.05, 0.1) is 48.8 Å². The molecule has 6 rings (SSSR count). The Hall–Kier alpha value is -5.03. The van der Waals surface area contributed by atoms with Crippen LogP contribution in [0.15, 0.2) is 100 Å². The summed E-state index contributed by atoms with van der Waals surface area (Å²) < 4.78 is 30.3. The highest BCUT2D eigenvalue weighted by molar-refractivity contribution is 7.07. The Kier molecular flexibility index (Phi) is 10.6. The van der Waals surface area contributed by atoms with Crippen LogP contribution in [-0.2, 0) is 16.1 Å². The van der Waals surface area contributed by atoms with Crippen LogP contribution in [0.1, 0.15) is 35.2 Å². The number of methoxy groups -OCH3 is 3. The molecule has 5 aromatic rings. The number of rotatable bonds is 11. The van der Waals surface area contributed by atoms with Gasteiger partial charge in [0.2, 0.25) is 0 Å². The maximum Gasteiger partial charge on any atom is 0.338 e. The lowest BCUT2D eigenvalue weighted by molar-refractivity contribution is -0.138. The van der Waals surface area contributed by atoms with E-state index in [0.29, 0.717) is 64.8 Å². The van der Waals surface area contributed by atoms with Crippen molar-refractivity contribution in [1.29, 1.82) is 0 Å². The Morgan fingerprint density at radius 1 is 0.920 bits per heavy atom. The van der Waals surface area contributed by atoms with Crippen molar-refractivity contribution in [2.45, 2.75) is 19.6 Å². The van der Waals surface area contributed by atoms with Crippen LogP contribution in [-0.4, -0.2) is 38.5 Å². The normalized spacial score (nSPS) is 14.1. The highest BCUT2D eigenvalue weighted by Gasteiger charge is 2.37. The summed E-state index contributed by atoms with van der Waals surface area (Å²) in [4.78, 5) is 33.6. The Balaban J connectivity index is 1.52. The molecule has 1 atom stereocenters. The maximum absolute atomic E-state index is 14.4. The van der Waals surface area contributed by atoms with Crippen LogP contribution >= 0.6 is 34.5 Å². The minimum Gasteiger partial charge on any atom is -0.497 e. The molecule has 1 aliphatic rings. The molecule has 1 aromatic heterocycles. The summed E-state index contributed by atoms with van der Waals surface area (Å²) in [5, 5.41) is 0.927. The van der Waals surface area contributed by atoms with Gasteiger partial charge in [-0.3, -0.25) is 9.36 Å². The molecule has 256 valence electrons. The summed E-state index contributed by atoms with van der Waals surface area (Å²) in [5.41, 5.74) is 2.97. The van der Waals surface area contributed by atoms with E-state index in [9.17, 15) is 9.59 Å². The zero-order valence-electron chi connectivity index (χ0n) is 27.6. The number of hydrogen-bond acceptors (Lipinski definition) is 9. The summed E-state index contributed by atoms with van der Waals surface area (Å²) in [6, 6.07) is 24.4. The molecule has 9 nitrogen and oxygen atoms in total. The number of halogens is 2. The third kappa shape index (κ3) is 7.00. The van der Waals surface area contributed by atoms with Crippen LogP contribution in [0.25, 0.3) is 11.8 Å². The van der Waals surface area contributed by atoms with E-state index in [4.69, 9.17) is 51.9 Å². The molecule has 2 heterocycles. The van der Waals surface area contributed by atoms with Crippen LogP contribution < -0.4 is 33.8 Å². The number of ether oxygens (including phenoxy) is 5.